The van der Waals surface area contributed by atoms with Crippen LogP contribution in [-0.2, 0) is 0 Å². The van der Waals surface area contributed by atoms with Crippen molar-refractivity contribution in [3.05, 3.63) is 36.1 Å². The van der Waals surface area contributed by atoms with Gasteiger partial charge in [0.15, 0.2) is 0 Å². The average molecular weight is 210 g/mol. The molecular weight excluding hydrogens is 184 g/mol. The Morgan fingerprint density at radius 1 is 1.27 bits per heavy atom. The molecular formula is C13H26N2. The molecule has 2 heteroatoms. The number of hydrogen-bond donors (Lipinski definition) is 2. The Bertz CT molecular complexity index is 229. The Hall–Kier alpha value is -1.02. The normalized spacial score (nSPS) is 12.1. The van der Waals surface area contributed by atoms with Gasteiger partial charge in [0.1, 0.15) is 0 Å². The van der Waals surface area contributed by atoms with Gasteiger partial charge in [-0.05, 0) is 24.0 Å². The van der Waals surface area contributed by atoms with Crippen LogP contribution < -0.4 is 11.3 Å². The van der Waals surface area contributed by atoms with Gasteiger partial charge < -0.3 is 5.43 Å². The second kappa shape index (κ2) is 8.30. The SMILES string of the molecule is C=C(/C=C(\C=C/C)C(C)(C)C)NN.CC. The Kier molecular flexibility index (Phi) is 9.08. The molecule has 0 amide bonds. The summed E-state index contributed by atoms with van der Waals surface area (Å²) in [5.41, 5.74) is 4.57. The standard InChI is InChI=1S/C11H20N2.C2H6/c1-6-7-10(11(3,4)5)8-9(2)13-12;1-2/h6-8,13H,2,12H2,1,3-5H3;1-2H3/b7-6-,10-8+;. The van der Waals surface area contributed by atoms with E-state index < -0.39 is 0 Å². The molecule has 2 nitrogen and oxygen atoms in total. The third kappa shape index (κ3) is 8.01. The van der Waals surface area contributed by atoms with Crippen molar-refractivity contribution in [2.45, 2.75) is 41.5 Å². The van der Waals surface area contributed by atoms with Crippen LogP contribution in [0.5, 0.6) is 0 Å². The first-order chi connectivity index (χ1) is 6.91. The summed E-state index contributed by atoms with van der Waals surface area (Å²) in [6.45, 7) is 16.2. The molecule has 0 aromatic heterocycles. The zero-order chi connectivity index (χ0) is 12.5. The van der Waals surface area contributed by atoms with Crippen molar-refractivity contribution in [3.8, 4) is 0 Å². The van der Waals surface area contributed by atoms with Gasteiger partial charge in [-0.25, -0.2) is 0 Å². The average Bonchev–Trinajstić information content (AvgIpc) is 2.18. The van der Waals surface area contributed by atoms with E-state index in [1.807, 2.05) is 32.9 Å². The number of nitrogens with one attached hydrogen (secondary N) is 1. The van der Waals surface area contributed by atoms with Crippen molar-refractivity contribution in [1.82, 2.24) is 5.43 Å². The number of nitrogens with two attached hydrogens (primary N) is 1. The largest absolute Gasteiger partial charge is 0.325 e. The molecule has 0 rings (SSSR count). The lowest BCUT2D eigenvalue weighted by Crippen LogP contribution is -2.20. The number of hydrogen-bond acceptors (Lipinski definition) is 2. The van der Waals surface area contributed by atoms with Crippen LogP contribution in [0, 0.1) is 5.41 Å². The van der Waals surface area contributed by atoms with Crippen LogP contribution in [0.15, 0.2) is 36.1 Å². The lowest BCUT2D eigenvalue weighted by Gasteiger charge is -2.20. The van der Waals surface area contributed by atoms with Crippen LogP contribution >= 0.6 is 0 Å². The maximum atomic E-state index is 5.24. The maximum Gasteiger partial charge on any atom is 0.0416 e. The molecule has 0 fully saturated rings. The van der Waals surface area contributed by atoms with E-state index in [0.29, 0.717) is 0 Å². The van der Waals surface area contributed by atoms with E-state index in [4.69, 9.17) is 5.84 Å². The van der Waals surface area contributed by atoms with E-state index in [9.17, 15) is 0 Å². The summed E-state index contributed by atoms with van der Waals surface area (Å²) in [4.78, 5) is 0. The zero-order valence-electron chi connectivity index (χ0n) is 11.0. The minimum absolute atomic E-state index is 0.117. The van der Waals surface area contributed by atoms with Crippen molar-refractivity contribution >= 4 is 0 Å². The van der Waals surface area contributed by atoms with E-state index in [-0.39, 0.29) is 5.41 Å². The topological polar surface area (TPSA) is 38.0 Å². The van der Waals surface area contributed by atoms with Gasteiger partial charge in [-0.3, -0.25) is 5.84 Å². The fourth-order valence-electron chi connectivity index (χ4n) is 0.924. The predicted octanol–water partition coefficient (Wildman–Crippen LogP) is 3.54. The molecule has 15 heavy (non-hydrogen) atoms. The lowest BCUT2D eigenvalue weighted by molar-refractivity contribution is 0.516. The number of hydrazine groups is 1. The third-order valence-electron chi connectivity index (χ3n) is 1.73. The fourth-order valence-corrected chi connectivity index (χ4v) is 0.924. The molecule has 0 aliphatic carbocycles. The first kappa shape index (κ1) is 16.4. The Morgan fingerprint density at radius 3 is 2.00 bits per heavy atom. The van der Waals surface area contributed by atoms with Crippen molar-refractivity contribution in [3.63, 3.8) is 0 Å². The van der Waals surface area contributed by atoms with Crippen LogP contribution in [0.25, 0.3) is 0 Å². The minimum atomic E-state index is 0.117. The highest BCUT2D eigenvalue weighted by molar-refractivity contribution is 5.31. The highest BCUT2D eigenvalue weighted by Gasteiger charge is 2.13. The molecule has 0 heterocycles. The summed E-state index contributed by atoms with van der Waals surface area (Å²) in [6, 6.07) is 0. The molecule has 0 aliphatic rings. The second-order valence-electron chi connectivity index (χ2n) is 4.02. The van der Waals surface area contributed by atoms with Crippen molar-refractivity contribution in [1.29, 1.82) is 0 Å². The second-order valence-corrected chi connectivity index (χ2v) is 4.02. The molecule has 0 radical (unpaired) electrons. The molecule has 0 unspecified atom stereocenters. The molecule has 3 N–H and O–H groups in total. The third-order valence-corrected chi connectivity index (χ3v) is 1.73. The summed E-state index contributed by atoms with van der Waals surface area (Å²) in [7, 11) is 0. The summed E-state index contributed by atoms with van der Waals surface area (Å²) in [5.74, 6) is 5.24. The van der Waals surface area contributed by atoms with Crippen LogP contribution in [0.3, 0.4) is 0 Å². The van der Waals surface area contributed by atoms with E-state index in [1.165, 1.54) is 5.57 Å². The van der Waals surface area contributed by atoms with Crippen LogP contribution in [0.4, 0.5) is 0 Å². The Balaban J connectivity index is 0. The molecule has 0 aromatic rings. The number of rotatable bonds is 3. The van der Waals surface area contributed by atoms with E-state index in [2.05, 4.69) is 38.9 Å². The summed E-state index contributed by atoms with van der Waals surface area (Å²) >= 11 is 0. The van der Waals surface area contributed by atoms with Crippen LogP contribution in [-0.4, -0.2) is 0 Å². The smallest absolute Gasteiger partial charge is 0.0416 e. The van der Waals surface area contributed by atoms with Gasteiger partial charge in [0.05, 0.1) is 0 Å². The summed E-state index contributed by atoms with van der Waals surface area (Å²) in [6.07, 6.45) is 6.05. The Morgan fingerprint density at radius 2 is 1.73 bits per heavy atom. The Labute approximate surface area is 94.9 Å². The lowest BCUT2D eigenvalue weighted by atomic mass is 9.85. The number of allylic oxidation sites excluding steroid dienone is 4. The van der Waals surface area contributed by atoms with Gasteiger partial charge in [0.25, 0.3) is 0 Å². The molecule has 0 aliphatic heterocycles. The van der Waals surface area contributed by atoms with E-state index in [0.717, 1.165) is 5.70 Å². The predicted molar refractivity (Wildman–Crippen MR) is 70.2 cm³/mol. The highest BCUT2D eigenvalue weighted by Crippen LogP contribution is 2.26. The van der Waals surface area contributed by atoms with Gasteiger partial charge >= 0.3 is 0 Å². The molecule has 0 atom stereocenters. The molecule has 0 saturated carbocycles. The van der Waals surface area contributed by atoms with Gasteiger partial charge in [0, 0.05) is 5.70 Å². The van der Waals surface area contributed by atoms with Gasteiger partial charge in [-0.2, -0.15) is 0 Å². The monoisotopic (exact) mass is 210 g/mol. The van der Waals surface area contributed by atoms with Crippen LogP contribution in [0.1, 0.15) is 41.5 Å². The first-order valence-corrected chi connectivity index (χ1v) is 5.42. The van der Waals surface area contributed by atoms with Gasteiger partial charge in [-0.15, -0.1) is 0 Å². The molecule has 0 saturated heterocycles. The van der Waals surface area contributed by atoms with Crippen LogP contribution in [0.2, 0.25) is 0 Å². The van der Waals surface area contributed by atoms with Gasteiger partial charge in [-0.1, -0.05) is 53.3 Å². The summed E-state index contributed by atoms with van der Waals surface area (Å²) < 4.78 is 0. The minimum Gasteiger partial charge on any atom is -0.325 e. The molecule has 0 aromatic carbocycles. The molecule has 88 valence electrons. The van der Waals surface area contributed by atoms with Crippen molar-refractivity contribution < 1.29 is 0 Å². The van der Waals surface area contributed by atoms with Crippen molar-refractivity contribution in [2.75, 3.05) is 0 Å². The fraction of sp³-hybridized carbons (Fsp3) is 0.538. The zero-order valence-corrected chi connectivity index (χ0v) is 11.0. The van der Waals surface area contributed by atoms with E-state index in [1.54, 1.807) is 0 Å². The van der Waals surface area contributed by atoms with E-state index >= 15 is 0 Å². The summed E-state index contributed by atoms with van der Waals surface area (Å²) in [5, 5.41) is 0. The van der Waals surface area contributed by atoms with Crippen molar-refractivity contribution in [2.24, 2.45) is 11.3 Å². The molecule has 0 spiro atoms. The molecule has 0 bridgehead atoms. The maximum absolute atomic E-state index is 5.24. The quantitative estimate of drug-likeness (QED) is 0.425. The first-order valence-electron chi connectivity index (χ1n) is 5.42. The highest BCUT2D eigenvalue weighted by atomic mass is 15.2. The van der Waals surface area contributed by atoms with Gasteiger partial charge in [0.2, 0.25) is 0 Å².